The molecule has 3 nitrogen and oxygen atoms in total. The zero-order valence-corrected chi connectivity index (χ0v) is 19.9. The summed E-state index contributed by atoms with van der Waals surface area (Å²) in [6.07, 6.45) is 5.52. The number of hydrogen-bond donors (Lipinski definition) is 1. The van der Waals surface area contributed by atoms with Gasteiger partial charge in [-0.1, -0.05) is 18.2 Å². The zero-order valence-electron chi connectivity index (χ0n) is 19.9. The molecule has 0 unspecified atom stereocenters. The second-order valence-electron chi connectivity index (χ2n) is 9.81. The first-order valence-corrected chi connectivity index (χ1v) is 12.6. The largest absolute Gasteiger partial charge is 0.490 e. The van der Waals surface area contributed by atoms with E-state index in [9.17, 15) is 18.3 Å². The van der Waals surface area contributed by atoms with E-state index in [-0.39, 0.29) is 29.6 Å². The fourth-order valence-electron chi connectivity index (χ4n) is 5.42. The molecule has 2 fully saturated rings. The van der Waals surface area contributed by atoms with Gasteiger partial charge in [0.25, 0.3) is 0 Å². The van der Waals surface area contributed by atoms with Crippen molar-refractivity contribution in [3.63, 3.8) is 0 Å². The van der Waals surface area contributed by atoms with Gasteiger partial charge in [-0.25, -0.2) is 13.2 Å². The highest BCUT2D eigenvalue weighted by Crippen LogP contribution is 2.40. The van der Waals surface area contributed by atoms with Crippen LogP contribution in [0.25, 0.3) is 0 Å². The molecule has 2 aliphatic rings. The van der Waals surface area contributed by atoms with Crippen molar-refractivity contribution in [3.05, 3.63) is 64.5 Å². The SMILES string of the molecule is CCOCc1ccc(OCC2CCC(c3ccc(C4CCC(O)CC4)c(F)c3F)CC2)c(F)c1. The standard InChI is InChI=1S/C28H35F3O3/c1-2-33-16-19-5-14-26(25(29)15-19)34-17-18-3-6-20(7-4-18)23-12-13-24(28(31)27(23)30)21-8-10-22(32)11-9-21/h5,12-15,18,20-22,32H,2-4,6-11,16-17H2,1H3. The Morgan fingerprint density at radius 3 is 1.97 bits per heavy atom. The highest BCUT2D eigenvalue weighted by atomic mass is 19.2. The molecule has 0 radical (unpaired) electrons. The first-order chi connectivity index (χ1) is 16.5. The minimum Gasteiger partial charge on any atom is -0.490 e. The molecule has 6 heteroatoms. The van der Waals surface area contributed by atoms with Crippen LogP contribution in [0.2, 0.25) is 0 Å². The molecule has 4 rings (SSSR count). The van der Waals surface area contributed by atoms with Gasteiger partial charge < -0.3 is 14.6 Å². The van der Waals surface area contributed by atoms with Gasteiger partial charge in [0, 0.05) is 6.61 Å². The summed E-state index contributed by atoms with van der Waals surface area (Å²) >= 11 is 0. The Bertz CT molecular complexity index is 948. The molecule has 2 aromatic rings. The number of hydrogen-bond acceptors (Lipinski definition) is 3. The minimum atomic E-state index is -0.715. The Morgan fingerprint density at radius 1 is 0.824 bits per heavy atom. The molecule has 0 spiro atoms. The molecule has 1 N–H and O–H groups in total. The molecule has 2 aliphatic carbocycles. The monoisotopic (exact) mass is 476 g/mol. The van der Waals surface area contributed by atoms with Crippen molar-refractivity contribution in [2.45, 2.75) is 82.8 Å². The summed E-state index contributed by atoms with van der Waals surface area (Å²) in [6, 6.07) is 8.41. The second-order valence-corrected chi connectivity index (χ2v) is 9.81. The number of halogens is 3. The summed E-state index contributed by atoms with van der Waals surface area (Å²) < 4.78 is 55.3. The summed E-state index contributed by atoms with van der Waals surface area (Å²) in [5.74, 6) is -1.35. The molecule has 0 aliphatic heterocycles. The van der Waals surface area contributed by atoms with Gasteiger partial charge in [-0.2, -0.15) is 0 Å². The third-order valence-corrected chi connectivity index (χ3v) is 7.51. The van der Waals surface area contributed by atoms with Gasteiger partial charge in [0.1, 0.15) is 0 Å². The fraction of sp³-hybridized carbons (Fsp3) is 0.571. The van der Waals surface area contributed by atoms with Crippen LogP contribution in [0, 0.1) is 23.4 Å². The summed E-state index contributed by atoms with van der Waals surface area (Å²) in [6.45, 7) is 3.26. The lowest BCUT2D eigenvalue weighted by molar-refractivity contribution is 0.122. The van der Waals surface area contributed by atoms with Crippen LogP contribution in [-0.2, 0) is 11.3 Å². The third-order valence-electron chi connectivity index (χ3n) is 7.51. The van der Waals surface area contributed by atoms with E-state index in [0.717, 1.165) is 31.2 Å². The number of aliphatic hydroxyl groups is 1. The van der Waals surface area contributed by atoms with Crippen LogP contribution in [0.1, 0.15) is 86.8 Å². The quantitative estimate of drug-likeness (QED) is 0.445. The van der Waals surface area contributed by atoms with E-state index in [1.165, 1.54) is 6.07 Å². The van der Waals surface area contributed by atoms with Gasteiger partial charge in [0.05, 0.1) is 19.3 Å². The van der Waals surface area contributed by atoms with Crippen LogP contribution < -0.4 is 4.74 Å². The lowest BCUT2D eigenvalue weighted by Crippen LogP contribution is -2.21. The van der Waals surface area contributed by atoms with Crippen LogP contribution in [0.5, 0.6) is 5.75 Å². The summed E-state index contributed by atoms with van der Waals surface area (Å²) in [5, 5.41) is 9.69. The summed E-state index contributed by atoms with van der Waals surface area (Å²) in [5.41, 5.74) is 1.69. The van der Waals surface area contributed by atoms with Crippen LogP contribution in [0.4, 0.5) is 13.2 Å². The maximum absolute atomic E-state index is 15.0. The highest BCUT2D eigenvalue weighted by molar-refractivity contribution is 5.32. The Kier molecular flexibility index (Phi) is 8.54. The molecule has 34 heavy (non-hydrogen) atoms. The summed E-state index contributed by atoms with van der Waals surface area (Å²) in [7, 11) is 0. The maximum Gasteiger partial charge on any atom is 0.165 e. The van der Waals surface area contributed by atoms with Crippen LogP contribution >= 0.6 is 0 Å². The lowest BCUT2D eigenvalue weighted by Gasteiger charge is -2.30. The first kappa shape index (κ1) is 25.1. The Labute approximate surface area is 200 Å². The van der Waals surface area contributed by atoms with Crippen molar-refractivity contribution >= 4 is 0 Å². The van der Waals surface area contributed by atoms with Gasteiger partial charge in [-0.3, -0.25) is 0 Å². The predicted octanol–water partition coefficient (Wildman–Crippen LogP) is 7.01. The molecule has 0 amide bonds. The van der Waals surface area contributed by atoms with E-state index in [2.05, 4.69) is 0 Å². The maximum atomic E-state index is 15.0. The normalized spacial score (nSPS) is 25.3. The smallest absolute Gasteiger partial charge is 0.165 e. The van der Waals surface area contributed by atoms with Crippen LogP contribution in [0.15, 0.2) is 30.3 Å². The number of benzene rings is 2. The molecule has 0 heterocycles. The average molecular weight is 477 g/mol. The Balaban J connectivity index is 1.30. The molecular weight excluding hydrogens is 441 g/mol. The van der Waals surface area contributed by atoms with Gasteiger partial charge in [-0.15, -0.1) is 0 Å². The molecule has 0 bridgehead atoms. The van der Waals surface area contributed by atoms with Crippen molar-refractivity contribution in [3.8, 4) is 5.75 Å². The van der Waals surface area contributed by atoms with E-state index >= 15 is 0 Å². The zero-order chi connectivity index (χ0) is 24.1. The van der Waals surface area contributed by atoms with Gasteiger partial charge in [0.2, 0.25) is 0 Å². The third kappa shape index (κ3) is 5.95. The van der Waals surface area contributed by atoms with Crippen LogP contribution in [-0.4, -0.2) is 24.4 Å². The number of ether oxygens (including phenoxy) is 2. The predicted molar refractivity (Wildman–Crippen MR) is 125 cm³/mol. The number of rotatable bonds is 8. The van der Waals surface area contributed by atoms with E-state index in [4.69, 9.17) is 9.47 Å². The van der Waals surface area contributed by atoms with Gasteiger partial charge in [-0.05, 0) is 105 Å². The lowest BCUT2D eigenvalue weighted by atomic mass is 9.77. The van der Waals surface area contributed by atoms with Crippen molar-refractivity contribution in [2.24, 2.45) is 5.92 Å². The molecule has 186 valence electrons. The second kappa shape index (κ2) is 11.6. The van der Waals surface area contributed by atoms with Crippen molar-refractivity contribution in [1.82, 2.24) is 0 Å². The molecule has 0 aromatic heterocycles. The van der Waals surface area contributed by atoms with E-state index in [0.29, 0.717) is 56.6 Å². The molecule has 0 saturated heterocycles. The first-order valence-electron chi connectivity index (χ1n) is 12.6. The fourth-order valence-corrected chi connectivity index (χ4v) is 5.42. The van der Waals surface area contributed by atoms with Crippen molar-refractivity contribution < 1.29 is 27.8 Å². The Hall–Kier alpha value is -2.05. The molecule has 0 atom stereocenters. The number of aliphatic hydroxyl groups excluding tert-OH is 1. The van der Waals surface area contributed by atoms with Crippen molar-refractivity contribution in [2.75, 3.05) is 13.2 Å². The van der Waals surface area contributed by atoms with Gasteiger partial charge in [0.15, 0.2) is 23.2 Å². The van der Waals surface area contributed by atoms with Crippen molar-refractivity contribution in [1.29, 1.82) is 0 Å². The van der Waals surface area contributed by atoms with Crippen LogP contribution in [0.3, 0.4) is 0 Å². The molecule has 2 saturated carbocycles. The highest BCUT2D eigenvalue weighted by Gasteiger charge is 2.29. The summed E-state index contributed by atoms with van der Waals surface area (Å²) in [4.78, 5) is 0. The van der Waals surface area contributed by atoms with Gasteiger partial charge >= 0.3 is 0 Å². The van der Waals surface area contributed by atoms with E-state index < -0.39 is 17.5 Å². The van der Waals surface area contributed by atoms with E-state index in [1.807, 2.05) is 6.92 Å². The Morgan fingerprint density at radius 2 is 1.41 bits per heavy atom. The molecule has 2 aromatic carbocycles. The average Bonchev–Trinajstić information content (AvgIpc) is 2.85. The van der Waals surface area contributed by atoms with E-state index in [1.54, 1.807) is 24.3 Å². The molecular formula is C28H35F3O3. The minimum absolute atomic E-state index is 0.0115. The topological polar surface area (TPSA) is 38.7 Å².